The number of halogens is 4. The number of hydrogen-bond donors (Lipinski definition) is 2. The monoisotopic (exact) mass is 408 g/mol. The van der Waals surface area contributed by atoms with Gasteiger partial charge in [-0.1, -0.05) is 46.4 Å². The summed E-state index contributed by atoms with van der Waals surface area (Å²) >= 11 is 23.4. The molecule has 0 aromatic carbocycles. The maximum atomic E-state index is 12.4. The molecule has 7 nitrogen and oxygen atoms in total. The number of rotatable bonds is 3. The number of nitrogens with two attached hydrogens (primary N) is 1. The Bertz CT molecular complexity index is 821. The summed E-state index contributed by atoms with van der Waals surface area (Å²) in [7, 11) is 1.15. The number of nitrogens with zero attached hydrogens (tertiary/aromatic N) is 2. The van der Waals surface area contributed by atoms with Gasteiger partial charge in [-0.2, -0.15) is 0 Å². The predicted octanol–water partition coefficient (Wildman–Crippen LogP) is 3.71. The highest BCUT2D eigenvalue weighted by atomic mass is 35.5. The van der Waals surface area contributed by atoms with E-state index in [-0.39, 0.29) is 43.1 Å². The summed E-state index contributed by atoms with van der Waals surface area (Å²) in [6.07, 6.45) is 0. The fourth-order valence-corrected chi connectivity index (χ4v) is 2.83. The van der Waals surface area contributed by atoms with E-state index in [4.69, 9.17) is 52.1 Å². The number of aromatic nitrogens is 2. The van der Waals surface area contributed by atoms with Crippen LogP contribution in [0.4, 0.5) is 11.6 Å². The first-order valence-electron chi connectivity index (χ1n) is 6.11. The minimum Gasteiger partial charge on any atom is -0.465 e. The molecule has 0 saturated heterocycles. The molecule has 0 aliphatic heterocycles. The minimum absolute atomic E-state index is 0.0215. The van der Waals surface area contributed by atoms with E-state index in [1.54, 1.807) is 0 Å². The summed E-state index contributed by atoms with van der Waals surface area (Å²) < 4.78 is 4.61. The van der Waals surface area contributed by atoms with Crippen LogP contribution in [0.5, 0.6) is 0 Å². The average molecular weight is 410 g/mol. The van der Waals surface area contributed by atoms with Gasteiger partial charge in [0, 0.05) is 0 Å². The van der Waals surface area contributed by atoms with Gasteiger partial charge in [0.25, 0.3) is 5.91 Å². The quantitative estimate of drug-likeness (QED) is 0.590. The number of pyridine rings is 2. The fraction of sp³-hybridized carbons (Fsp3) is 0.0769. The first kappa shape index (κ1) is 18.5. The number of anilines is 2. The normalized spacial score (nSPS) is 10.4. The number of nitrogens with one attached hydrogen (secondary N) is 1. The summed E-state index contributed by atoms with van der Waals surface area (Å²) in [5, 5.41) is 2.25. The highest BCUT2D eigenvalue weighted by Gasteiger charge is 2.23. The first-order valence-corrected chi connectivity index (χ1v) is 7.63. The second kappa shape index (κ2) is 7.40. The van der Waals surface area contributed by atoms with E-state index in [9.17, 15) is 9.59 Å². The maximum absolute atomic E-state index is 12.4. The molecule has 2 aromatic rings. The van der Waals surface area contributed by atoms with Crippen molar-refractivity contribution in [2.24, 2.45) is 0 Å². The molecule has 2 heterocycles. The van der Waals surface area contributed by atoms with Crippen LogP contribution in [0.1, 0.15) is 20.7 Å². The lowest BCUT2D eigenvalue weighted by molar-refractivity contribution is 0.0602. The zero-order valence-electron chi connectivity index (χ0n) is 11.9. The first-order chi connectivity index (χ1) is 11.2. The molecule has 11 heteroatoms. The molecule has 2 rings (SSSR count). The maximum Gasteiger partial charge on any atom is 0.343 e. The molecule has 0 atom stereocenters. The van der Waals surface area contributed by atoms with Crippen molar-refractivity contribution in [2.75, 3.05) is 18.2 Å². The number of hydrogen-bond acceptors (Lipinski definition) is 6. The summed E-state index contributed by atoms with van der Waals surface area (Å²) in [6, 6.07) is 2.48. The van der Waals surface area contributed by atoms with E-state index in [1.807, 2.05) is 0 Å². The third-order valence-electron chi connectivity index (χ3n) is 2.76. The van der Waals surface area contributed by atoms with Crippen molar-refractivity contribution in [3.05, 3.63) is 43.6 Å². The fourth-order valence-electron chi connectivity index (χ4n) is 1.77. The molecule has 24 heavy (non-hydrogen) atoms. The number of methoxy groups -OCH3 is 1. The van der Waals surface area contributed by atoms with Gasteiger partial charge >= 0.3 is 5.97 Å². The van der Waals surface area contributed by atoms with E-state index >= 15 is 0 Å². The van der Waals surface area contributed by atoms with E-state index in [2.05, 4.69) is 20.0 Å². The molecule has 3 N–H and O–H groups in total. The Morgan fingerprint density at radius 1 is 1.04 bits per heavy atom. The number of carbonyl (C=O) groups is 2. The van der Waals surface area contributed by atoms with Crippen LogP contribution < -0.4 is 11.1 Å². The Labute approximate surface area is 156 Å². The van der Waals surface area contributed by atoms with Crippen molar-refractivity contribution < 1.29 is 14.3 Å². The van der Waals surface area contributed by atoms with E-state index in [0.717, 1.165) is 7.11 Å². The van der Waals surface area contributed by atoms with Crippen molar-refractivity contribution in [2.45, 2.75) is 0 Å². The van der Waals surface area contributed by atoms with Crippen LogP contribution in [0.3, 0.4) is 0 Å². The Morgan fingerprint density at radius 2 is 1.58 bits per heavy atom. The van der Waals surface area contributed by atoms with Crippen LogP contribution in [0.25, 0.3) is 0 Å². The number of amides is 1. The molecule has 0 fully saturated rings. The Kier molecular flexibility index (Phi) is 5.71. The third kappa shape index (κ3) is 3.81. The topological polar surface area (TPSA) is 107 Å². The van der Waals surface area contributed by atoms with Crippen LogP contribution in [0.2, 0.25) is 20.4 Å². The molecule has 0 radical (unpaired) electrons. The number of esters is 1. The van der Waals surface area contributed by atoms with Gasteiger partial charge in [0.1, 0.15) is 27.3 Å². The number of carbonyl (C=O) groups excluding carboxylic acids is 2. The molecular weight excluding hydrogens is 402 g/mol. The van der Waals surface area contributed by atoms with Gasteiger partial charge in [-0.25, -0.2) is 14.8 Å². The van der Waals surface area contributed by atoms with Crippen molar-refractivity contribution in [3.63, 3.8) is 0 Å². The Morgan fingerprint density at radius 3 is 2.12 bits per heavy atom. The smallest absolute Gasteiger partial charge is 0.343 e. The van der Waals surface area contributed by atoms with Gasteiger partial charge in [0.05, 0.1) is 17.2 Å². The number of nitrogen functional groups attached to an aromatic ring is 1. The molecule has 2 aromatic heterocycles. The molecule has 0 saturated carbocycles. The zero-order valence-corrected chi connectivity index (χ0v) is 14.9. The molecule has 0 bridgehead atoms. The van der Waals surface area contributed by atoms with Gasteiger partial charge in [-0.15, -0.1) is 0 Å². The van der Waals surface area contributed by atoms with Crippen LogP contribution >= 0.6 is 46.4 Å². The molecule has 0 aliphatic carbocycles. The number of ether oxygens (including phenoxy) is 1. The summed E-state index contributed by atoms with van der Waals surface area (Å²) in [6.45, 7) is 0. The Balaban J connectivity index is 2.49. The van der Waals surface area contributed by atoms with Gasteiger partial charge in [0.15, 0.2) is 5.82 Å². The highest BCUT2D eigenvalue weighted by Crippen LogP contribution is 2.29. The van der Waals surface area contributed by atoms with E-state index < -0.39 is 11.9 Å². The van der Waals surface area contributed by atoms with Gasteiger partial charge in [-0.05, 0) is 12.1 Å². The molecular formula is C13H8Cl4N4O3. The molecule has 0 aliphatic rings. The molecule has 126 valence electrons. The van der Waals surface area contributed by atoms with Gasteiger partial charge < -0.3 is 15.8 Å². The van der Waals surface area contributed by atoms with Crippen molar-refractivity contribution in [3.8, 4) is 0 Å². The van der Waals surface area contributed by atoms with E-state index in [1.165, 1.54) is 12.1 Å². The second-order valence-corrected chi connectivity index (χ2v) is 5.87. The van der Waals surface area contributed by atoms with Crippen LogP contribution in [-0.2, 0) is 4.74 Å². The van der Waals surface area contributed by atoms with Crippen molar-refractivity contribution >= 4 is 69.9 Å². The van der Waals surface area contributed by atoms with Crippen molar-refractivity contribution in [1.82, 2.24) is 9.97 Å². The Hall–Kier alpha value is -1.80. The molecule has 0 spiro atoms. The van der Waals surface area contributed by atoms with E-state index in [0.29, 0.717) is 0 Å². The highest BCUT2D eigenvalue weighted by molar-refractivity contribution is 6.38. The summed E-state index contributed by atoms with van der Waals surface area (Å²) in [5.74, 6) is -2.00. The average Bonchev–Trinajstić information content (AvgIpc) is 2.44. The minimum atomic E-state index is -0.812. The largest absolute Gasteiger partial charge is 0.465 e. The van der Waals surface area contributed by atoms with Gasteiger partial charge in [0.2, 0.25) is 0 Å². The second-order valence-electron chi connectivity index (χ2n) is 4.28. The molecule has 1 amide bonds. The molecule has 0 unspecified atom stereocenters. The van der Waals surface area contributed by atoms with Crippen molar-refractivity contribution in [1.29, 1.82) is 0 Å². The lowest BCUT2D eigenvalue weighted by atomic mass is 10.2. The van der Waals surface area contributed by atoms with Crippen LogP contribution in [0.15, 0.2) is 12.1 Å². The van der Waals surface area contributed by atoms with Crippen LogP contribution in [-0.4, -0.2) is 29.0 Å². The summed E-state index contributed by atoms with van der Waals surface area (Å²) in [4.78, 5) is 31.9. The third-order valence-corrected chi connectivity index (χ3v) is 3.74. The SMILES string of the molecule is COC(=O)c1c(Cl)cc(Cl)nc1NC(=O)c1c(Cl)cc(Cl)nc1N. The zero-order chi connectivity index (χ0) is 18.0. The lowest BCUT2D eigenvalue weighted by Crippen LogP contribution is -2.19. The van der Waals surface area contributed by atoms with Gasteiger partial charge in [-0.3, -0.25) is 4.79 Å². The lowest BCUT2D eigenvalue weighted by Gasteiger charge is -2.12. The predicted molar refractivity (Wildman–Crippen MR) is 92.2 cm³/mol. The van der Waals surface area contributed by atoms with Crippen LogP contribution in [0, 0.1) is 0 Å². The summed E-state index contributed by atoms with van der Waals surface area (Å²) in [5.41, 5.74) is 5.34. The standard InChI is InChI=1S/C13H8Cl4N4O3/c1-24-13(23)9-5(15)3-7(17)20-11(9)21-12(22)8-4(14)2-6(16)19-10(8)18/h2-3H,1H3,(H2,18,19)(H,20,21,22).